The molecule has 0 bridgehead atoms. The Morgan fingerprint density at radius 1 is 0.931 bits per heavy atom. The Bertz CT molecular complexity index is 838. The number of benzene rings is 2. The molecule has 1 N–H and O–H groups in total. The molecule has 0 saturated carbocycles. The maximum Gasteiger partial charge on any atom is 0.221 e. The molecule has 0 spiro atoms. The third kappa shape index (κ3) is 4.89. The molecule has 2 aromatic rings. The molecule has 2 rings (SSSR count). The molecule has 0 radical (unpaired) electrons. The van der Waals surface area contributed by atoms with Gasteiger partial charge in [0, 0.05) is 11.8 Å². The Morgan fingerprint density at radius 3 is 1.72 bits per heavy atom. The molecule has 2 unspecified atom stereocenters. The number of phenolic OH excluding ortho intramolecular Hbond substituents is 1. The highest BCUT2D eigenvalue weighted by Gasteiger charge is 2.34. The van der Waals surface area contributed by atoms with Crippen molar-refractivity contribution in [2.75, 3.05) is 7.11 Å². The van der Waals surface area contributed by atoms with Crippen LogP contribution in [0, 0.1) is 10.1 Å². The lowest BCUT2D eigenvalue weighted by molar-refractivity contribution is -0.520. The second-order valence-electron chi connectivity index (χ2n) is 9.74. The average molecular weight is 400 g/mol. The zero-order chi connectivity index (χ0) is 22.1. The first-order valence-electron chi connectivity index (χ1n) is 9.92. The minimum Gasteiger partial charge on any atom is -0.507 e. The molecule has 0 aliphatic carbocycles. The number of hydrogen-bond donors (Lipinski definition) is 1. The predicted molar refractivity (Wildman–Crippen MR) is 117 cm³/mol. The second kappa shape index (κ2) is 8.05. The van der Waals surface area contributed by atoms with Gasteiger partial charge in [0.15, 0.2) is 0 Å². The van der Waals surface area contributed by atoms with E-state index in [-0.39, 0.29) is 21.5 Å². The first-order valence-corrected chi connectivity index (χ1v) is 9.92. The smallest absolute Gasteiger partial charge is 0.221 e. The first-order chi connectivity index (χ1) is 13.3. The molecular weight excluding hydrogens is 366 g/mol. The van der Waals surface area contributed by atoms with Crippen molar-refractivity contribution in [2.24, 2.45) is 0 Å². The number of nitrogens with zero attached hydrogens (tertiary/aromatic N) is 1. The highest BCUT2D eigenvalue weighted by molar-refractivity contribution is 5.52. The van der Waals surface area contributed by atoms with E-state index >= 15 is 0 Å². The Balaban J connectivity index is 2.79. The summed E-state index contributed by atoms with van der Waals surface area (Å²) < 4.78 is 5.24. The minimum absolute atomic E-state index is 0.241. The quantitative estimate of drug-likeness (QED) is 0.510. The molecular formula is C24H33NO4. The van der Waals surface area contributed by atoms with E-state index < -0.39 is 12.0 Å². The largest absolute Gasteiger partial charge is 0.507 e. The second-order valence-corrected chi connectivity index (χ2v) is 9.74. The van der Waals surface area contributed by atoms with Gasteiger partial charge in [-0.2, -0.15) is 0 Å². The van der Waals surface area contributed by atoms with Gasteiger partial charge in [0.05, 0.1) is 13.0 Å². The summed E-state index contributed by atoms with van der Waals surface area (Å²) in [7, 11) is 1.59. The van der Waals surface area contributed by atoms with E-state index in [1.54, 1.807) is 14.0 Å². The zero-order valence-corrected chi connectivity index (χ0v) is 18.7. The molecule has 0 saturated heterocycles. The van der Waals surface area contributed by atoms with Crippen LogP contribution in [0.15, 0.2) is 36.4 Å². The van der Waals surface area contributed by atoms with Crippen molar-refractivity contribution in [1.82, 2.24) is 0 Å². The molecule has 2 atom stereocenters. The van der Waals surface area contributed by atoms with Crippen molar-refractivity contribution in [1.29, 1.82) is 0 Å². The molecule has 0 aromatic heterocycles. The first kappa shape index (κ1) is 22.7. The lowest BCUT2D eigenvalue weighted by atomic mass is 9.75. The Morgan fingerprint density at radius 2 is 1.38 bits per heavy atom. The highest BCUT2D eigenvalue weighted by atomic mass is 16.6. The number of phenols is 1. The number of hydrogen-bond acceptors (Lipinski definition) is 4. The van der Waals surface area contributed by atoms with Crippen molar-refractivity contribution in [3.63, 3.8) is 0 Å². The van der Waals surface area contributed by atoms with E-state index in [9.17, 15) is 15.2 Å². The summed E-state index contributed by atoms with van der Waals surface area (Å²) in [4.78, 5) is 11.5. The molecule has 0 amide bonds. The molecule has 5 nitrogen and oxygen atoms in total. The molecule has 0 aliphatic heterocycles. The number of rotatable bonds is 5. The van der Waals surface area contributed by atoms with Gasteiger partial charge in [0.1, 0.15) is 11.5 Å². The summed E-state index contributed by atoms with van der Waals surface area (Å²) >= 11 is 0. The summed E-state index contributed by atoms with van der Waals surface area (Å²) in [6.45, 7) is 13.9. The van der Waals surface area contributed by atoms with Crippen molar-refractivity contribution in [3.05, 3.63) is 68.8 Å². The highest BCUT2D eigenvalue weighted by Crippen LogP contribution is 2.43. The molecule has 0 heterocycles. The SMILES string of the molecule is COc1ccc(C(c2cc(C(C)(C)C)c(O)c(C(C)(C)C)c2)C(C)[N+](=O)[O-])cc1. The van der Waals surface area contributed by atoms with E-state index in [0.717, 1.165) is 22.3 Å². The van der Waals surface area contributed by atoms with Crippen LogP contribution in [0.3, 0.4) is 0 Å². The van der Waals surface area contributed by atoms with Gasteiger partial charge >= 0.3 is 0 Å². The standard InChI is InChI=1S/C24H33NO4/c1-15(25(27)28)21(16-9-11-18(29-8)12-10-16)17-13-19(23(2,3)4)22(26)20(14-17)24(5,6)7/h9-15,21,26H,1-8H3. The third-order valence-corrected chi connectivity index (χ3v) is 5.40. The minimum atomic E-state index is -0.825. The summed E-state index contributed by atoms with van der Waals surface area (Å²) in [6.07, 6.45) is 0. The normalized spacial score (nSPS) is 14.3. The monoisotopic (exact) mass is 399 g/mol. The summed E-state index contributed by atoms with van der Waals surface area (Å²) in [5.41, 5.74) is 2.68. The van der Waals surface area contributed by atoms with Crippen molar-refractivity contribution in [3.8, 4) is 11.5 Å². The maximum atomic E-state index is 11.8. The van der Waals surface area contributed by atoms with Crippen LogP contribution in [0.5, 0.6) is 11.5 Å². The zero-order valence-electron chi connectivity index (χ0n) is 18.7. The fourth-order valence-corrected chi connectivity index (χ4v) is 3.66. The Kier molecular flexibility index (Phi) is 6.31. The van der Waals surface area contributed by atoms with Gasteiger partial charge in [-0.25, -0.2) is 0 Å². The van der Waals surface area contributed by atoms with E-state index in [2.05, 4.69) is 0 Å². The molecule has 0 fully saturated rings. The number of aromatic hydroxyl groups is 1. The van der Waals surface area contributed by atoms with E-state index in [1.165, 1.54) is 0 Å². The van der Waals surface area contributed by atoms with Gasteiger partial charge in [0.25, 0.3) is 0 Å². The van der Waals surface area contributed by atoms with Gasteiger partial charge in [0.2, 0.25) is 6.04 Å². The third-order valence-electron chi connectivity index (χ3n) is 5.40. The van der Waals surface area contributed by atoms with Crippen LogP contribution in [0.1, 0.15) is 76.6 Å². The van der Waals surface area contributed by atoms with Crippen LogP contribution in [0.2, 0.25) is 0 Å². The Hall–Kier alpha value is -2.56. The van der Waals surface area contributed by atoms with E-state index in [1.807, 2.05) is 77.9 Å². The molecule has 0 aliphatic rings. The summed E-state index contributed by atoms with van der Waals surface area (Å²) in [5, 5.41) is 22.8. The van der Waals surface area contributed by atoms with Gasteiger partial charge in [-0.1, -0.05) is 65.8 Å². The van der Waals surface area contributed by atoms with Crippen LogP contribution in [0.25, 0.3) is 0 Å². The number of ether oxygens (including phenoxy) is 1. The lowest BCUT2D eigenvalue weighted by Gasteiger charge is -2.30. The number of nitro groups is 1. The topological polar surface area (TPSA) is 72.6 Å². The van der Waals surface area contributed by atoms with Gasteiger partial charge < -0.3 is 9.84 Å². The van der Waals surface area contributed by atoms with Crippen LogP contribution in [-0.4, -0.2) is 23.2 Å². The molecule has 29 heavy (non-hydrogen) atoms. The van der Waals surface area contributed by atoms with Crippen molar-refractivity contribution < 1.29 is 14.8 Å². The van der Waals surface area contributed by atoms with Crippen LogP contribution in [-0.2, 0) is 10.8 Å². The lowest BCUT2D eigenvalue weighted by Crippen LogP contribution is -2.26. The molecule has 5 heteroatoms. The average Bonchev–Trinajstić information content (AvgIpc) is 2.61. The summed E-state index contributed by atoms with van der Waals surface area (Å²) in [6, 6.07) is 10.4. The van der Waals surface area contributed by atoms with Gasteiger partial charge in [-0.15, -0.1) is 0 Å². The Labute approximate surface area is 173 Å². The van der Waals surface area contributed by atoms with Crippen LogP contribution >= 0.6 is 0 Å². The predicted octanol–water partition coefficient (Wildman–Crippen LogP) is 5.79. The van der Waals surface area contributed by atoms with Crippen molar-refractivity contribution >= 4 is 0 Å². The van der Waals surface area contributed by atoms with E-state index in [4.69, 9.17) is 4.74 Å². The molecule has 2 aromatic carbocycles. The van der Waals surface area contributed by atoms with Gasteiger partial charge in [-0.3, -0.25) is 10.1 Å². The van der Waals surface area contributed by atoms with Crippen molar-refractivity contribution in [2.45, 2.75) is 71.3 Å². The van der Waals surface area contributed by atoms with Crippen LogP contribution in [0.4, 0.5) is 0 Å². The maximum absolute atomic E-state index is 11.8. The van der Waals surface area contributed by atoms with Gasteiger partial charge in [-0.05, 0) is 45.2 Å². The van der Waals surface area contributed by atoms with Crippen LogP contribution < -0.4 is 4.74 Å². The molecule has 158 valence electrons. The fraction of sp³-hybridized carbons (Fsp3) is 0.500. The van der Waals surface area contributed by atoms with E-state index in [0.29, 0.717) is 5.75 Å². The number of methoxy groups -OCH3 is 1. The summed E-state index contributed by atoms with van der Waals surface area (Å²) in [5.74, 6) is 0.535. The fourth-order valence-electron chi connectivity index (χ4n) is 3.66.